The lowest BCUT2D eigenvalue weighted by Gasteiger charge is -2.38. The number of nitrogens with one attached hydrogen (secondary N) is 2. The normalized spacial score (nSPS) is 15.4. The standard InChI is InChI=1S/C12H17N3O2/c1-2-6-15(9-7-13-8-9)12(17)10-4-3-5-14-11(10)16/h3-5,9,13H,2,6-8H2,1H3,(H,14,16). The van der Waals surface area contributed by atoms with Crippen molar-refractivity contribution in [3.05, 3.63) is 34.2 Å². The predicted molar refractivity (Wildman–Crippen MR) is 65.0 cm³/mol. The Bertz CT molecular complexity index is 451. The van der Waals surface area contributed by atoms with Crippen molar-refractivity contribution in [2.45, 2.75) is 19.4 Å². The third-order valence-electron chi connectivity index (χ3n) is 2.97. The first kappa shape index (κ1) is 11.9. The molecule has 0 radical (unpaired) electrons. The second-order valence-corrected chi connectivity index (χ2v) is 4.22. The summed E-state index contributed by atoms with van der Waals surface area (Å²) in [5, 5.41) is 3.14. The molecule has 5 heteroatoms. The van der Waals surface area contributed by atoms with Crippen LogP contribution in [0.3, 0.4) is 0 Å². The van der Waals surface area contributed by atoms with Crippen molar-refractivity contribution in [1.29, 1.82) is 0 Å². The van der Waals surface area contributed by atoms with Crippen LogP contribution in [0.1, 0.15) is 23.7 Å². The number of amides is 1. The SMILES string of the molecule is CCCN(C(=O)c1ccc[nH]c1=O)C1CNC1. The highest BCUT2D eigenvalue weighted by Crippen LogP contribution is 2.09. The average Bonchev–Trinajstić information content (AvgIpc) is 2.26. The van der Waals surface area contributed by atoms with Gasteiger partial charge in [-0.2, -0.15) is 0 Å². The van der Waals surface area contributed by atoms with Gasteiger partial charge in [0.1, 0.15) is 5.56 Å². The van der Waals surface area contributed by atoms with Crippen LogP contribution in [0.2, 0.25) is 0 Å². The van der Waals surface area contributed by atoms with E-state index in [9.17, 15) is 9.59 Å². The summed E-state index contributed by atoms with van der Waals surface area (Å²) in [6.07, 6.45) is 2.43. The molecule has 1 fully saturated rings. The van der Waals surface area contributed by atoms with E-state index in [1.54, 1.807) is 17.0 Å². The molecule has 2 heterocycles. The summed E-state index contributed by atoms with van der Waals surface area (Å²) in [5.74, 6) is -0.166. The third kappa shape index (κ3) is 2.39. The minimum Gasteiger partial charge on any atom is -0.333 e. The Morgan fingerprint density at radius 2 is 2.29 bits per heavy atom. The summed E-state index contributed by atoms with van der Waals surface area (Å²) >= 11 is 0. The zero-order valence-electron chi connectivity index (χ0n) is 9.90. The van der Waals surface area contributed by atoms with Crippen molar-refractivity contribution in [3.8, 4) is 0 Å². The molecular formula is C12H17N3O2. The van der Waals surface area contributed by atoms with E-state index in [1.807, 2.05) is 6.92 Å². The molecule has 0 aromatic carbocycles. The van der Waals surface area contributed by atoms with E-state index in [0.717, 1.165) is 19.5 Å². The van der Waals surface area contributed by atoms with Crippen LogP contribution in [0, 0.1) is 0 Å². The Morgan fingerprint density at radius 1 is 1.53 bits per heavy atom. The van der Waals surface area contributed by atoms with Gasteiger partial charge in [0.05, 0.1) is 6.04 Å². The molecule has 1 aliphatic heterocycles. The van der Waals surface area contributed by atoms with Gasteiger partial charge >= 0.3 is 0 Å². The molecule has 0 atom stereocenters. The molecular weight excluding hydrogens is 218 g/mol. The number of aromatic amines is 1. The highest BCUT2D eigenvalue weighted by Gasteiger charge is 2.29. The number of carbonyl (C=O) groups is 1. The largest absolute Gasteiger partial charge is 0.333 e. The molecule has 1 aromatic rings. The topological polar surface area (TPSA) is 65.2 Å². The van der Waals surface area contributed by atoms with Crippen molar-refractivity contribution in [3.63, 3.8) is 0 Å². The fraction of sp³-hybridized carbons (Fsp3) is 0.500. The zero-order chi connectivity index (χ0) is 12.3. The van der Waals surface area contributed by atoms with Crippen LogP contribution >= 0.6 is 0 Å². The van der Waals surface area contributed by atoms with Gasteiger partial charge in [0.25, 0.3) is 11.5 Å². The second-order valence-electron chi connectivity index (χ2n) is 4.22. The van der Waals surface area contributed by atoms with Crippen molar-refractivity contribution >= 4 is 5.91 Å². The molecule has 0 saturated carbocycles. The summed E-state index contributed by atoms with van der Waals surface area (Å²) in [4.78, 5) is 28.2. The molecule has 5 nitrogen and oxygen atoms in total. The fourth-order valence-electron chi connectivity index (χ4n) is 1.93. The molecule has 1 aromatic heterocycles. The quantitative estimate of drug-likeness (QED) is 0.783. The molecule has 0 unspecified atom stereocenters. The molecule has 1 amide bonds. The number of rotatable bonds is 4. The van der Waals surface area contributed by atoms with Crippen LogP contribution in [0.4, 0.5) is 0 Å². The monoisotopic (exact) mass is 235 g/mol. The van der Waals surface area contributed by atoms with E-state index in [0.29, 0.717) is 6.54 Å². The lowest BCUT2D eigenvalue weighted by molar-refractivity contribution is 0.0614. The summed E-state index contributed by atoms with van der Waals surface area (Å²) in [5.41, 5.74) is -0.0845. The van der Waals surface area contributed by atoms with Crippen molar-refractivity contribution < 1.29 is 4.79 Å². The van der Waals surface area contributed by atoms with Gasteiger partial charge in [0.2, 0.25) is 0 Å². The maximum absolute atomic E-state index is 12.3. The van der Waals surface area contributed by atoms with E-state index in [1.165, 1.54) is 6.20 Å². The molecule has 0 aliphatic carbocycles. The third-order valence-corrected chi connectivity index (χ3v) is 2.97. The Labute approximate surface area is 99.8 Å². The van der Waals surface area contributed by atoms with Gasteiger partial charge in [-0.1, -0.05) is 6.92 Å². The van der Waals surface area contributed by atoms with Gasteiger partial charge in [-0.05, 0) is 18.6 Å². The number of carbonyl (C=O) groups excluding carboxylic acids is 1. The number of nitrogens with zero attached hydrogens (tertiary/aromatic N) is 1. The fourth-order valence-corrected chi connectivity index (χ4v) is 1.93. The smallest absolute Gasteiger partial charge is 0.260 e. The first-order valence-corrected chi connectivity index (χ1v) is 5.93. The molecule has 1 aliphatic rings. The number of hydrogen-bond donors (Lipinski definition) is 2. The lowest BCUT2D eigenvalue weighted by atomic mass is 10.1. The van der Waals surface area contributed by atoms with Crippen LogP contribution in [0.25, 0.3) is 0 Å². The first-order chi connectivity index (χ1) is 8.24. The summed E-state index contributed by atoms with van der Waals surface area (Å²) in [7, 11) is 0. The summed E-state index contributed by atoms with van der Waals surface area (Å²) < 4.78 is 0. The predicted octanol–water partition coefficient (Wildman–Crippen LogP) is 0.199. The lowest BCUT2D eigenvalue weighted by Crippen LogP contribution is -2.59. The van der Waals surface area contributed by atoms with E-state index in [-0.39, 0.29) is 23.1 Å². The Hall–Kier alpha value is -1.62. The van der Waals surface area contributed by atoms with Crippen molar-refractivity contribution in [2.24, 2.45) is 0 Å². The van der Waals surface area contributed by atoms with Crippen LogP contribution < -0.4 is 10.9 Å². The summed E-state index contributed by atoms with van der Waals surface area (Å²) in [6, 6.07) is 3.48. The van der Waals surface area contributed by atoms with Crippen LogP contribution in [0.5, 0.6) is 0 Å². The average molecular weight is 235 g/mol. The number of aromatic nitrogens is 1. The van der Waals surface area contributed by atoms with Crippen LogP contribution in [0.15, 0.2) is 23.1 Å². The van der Waals surface area contributed by atoms with Gasteiger partial charge in [-0.25, -0.2) is 0 Å². The highest BCUT2D eigenvalue weighted by atomic mass is 16.2. The van der Waals surface area contributed by atoms with Gasteiger partial charge < -0.3 is 15.2 Å². The summed E-state index contributed by atoms with van der Waals surface area (Å²) in [6.45, 7) is 4.36. The molecule has 0 spiro atoms. The van der Waals surface area contributed by atoms with Gasteiger partial charge in [0, 0.05) is 25.8 Å². The molecule has 17 heavy (non-hydrogen) atoms. The Balaban J connectivity index is 2.21. The Morgan fingerprint density at radius 3 is 2.82 bits per heavy atom. The number of hydrogen-bond acceptors (Lipinski definition) is 3. The maximum Gasteiger partial charge on any atom is 0.260 e. The minimum absolute atomic E-state index is 0.166. The van der Waals surface area contributed by atoms with Crippen LogP contribution in [-0.4, -0.2) is 41.5 Å². The maximum atomic E-state index is 12.3. The minimum atomic E-state index is -0.314. The van der Waals surface area contributed by atoms with E-state index < -0.39 is 0 Å². The van der Waals surface area contributed by atoms with E-state index >= 15 is 0 Å². The number of H-pyrrole nitrogens is 1. The van der Waals surface area contributed by atoms with Crippen molar-refractivity contribution in [2.75, 3.05) is 19.6 Å². The molecule has 2 N–H and O–H groups in total. The number of pyridine rings is 1. The van der Waals surface area contributed by atoms with Crippen LogP contribution in [-0.2, 0) is 0 Å². The Kier molecular flexibility index (Phi) is 3.58. The van der Waals surface area contributed by atoms with Crippen molar-refractivity contribution in [1.82, 2.24) is 15.2 Å². The second kappa shape index (κ2) is 5.14. The van der Waals surface area contributed by atoms with Gasteiger partial charge in [-0.3, -0.25) is 9.59 Å². The molecule has 92 valence electrons. The molecule has 0 bridgehead atoms. The van der Waals surface area contributed by atoms with Gasteiger partial charge in [-0.15, -0.1) is 0 Å². The van der Waals surface area contributed by atoms with E-state index in [2.05, 4.69) is 10.3 Å². The molecule has 1 saturated heterocycles. The molecule has 2 rings (SSSR count). The highest BCUT2D eigenvalue weighted by molar-refractivity contribution is 5.94. The zero-order valence-corrected chi connectivity index (χ0v) is 9.90. The first-order valence-electron chi connectivity index (χ1n) is 5.93. The van der Waals surface area contributed by atoms with E-state index in [4.69, 9.17) is 0 Å². The van der Waals surface area contributed by atoms with Gasteiger partial charge in [0.15, 0.2) is 0 Å².